The SMILES string of the molecule is COc1ccc(NC(=O)C(C(C)C)N(Cc2cccnc2)C(=O)CSc2nc(C)cc(C)n2)cc1. The first-order valence-electron chi connectivity index (χ1n) is 11.3. The largest absolute Gasteiger partial charge is 0.497 e. The topological polar surface area (TPSA) is 97.3 Å². The highest BCUT2D eigenvalue weighted by Gasteiger charge is 2.33. The van der Waals surface area contributed by atoms with Gasteiger partial charge < -0.3 is 15.0 Å². The first kappa shape index (κ1) is 26.2. The van der Waals surface area contributed by atoms with E-state index < -0.39 is 6.04 Å². The number of carbonyl (C=O) groups excluding carboxylic acids is 2. The Morgan fingerprint density at radius 3 is 2.34 bits per heavy atom. The number of thioether (sulfide) groups is 1. The lowest BCUT2D eigenvalue weighted by Crippen LogP contribution is -2.50. The van der Waals surface area contributed by atoms with Crippen LogP contribution >= 0.6 is 11.8 Å². The molecule has 3 aromatic rings. The van der Waals surface area contributed by atoms with Gasteiger partial charge in [0, 0.05) is 36.0 Å². The Balaban J connectivity index is 1.83. The summed E-state index contributed by atoms with van der Waals surface area (Å²) in [4.78, 5) is 41.6. The molecule has 1 atom stereocenters. The zero-order valence-corrected chi connectivity index (χ0v) is 21.5. The van der Waals surface area contributed by atoms with Gasteiger partial charge in [-0.25, -0.2) is 9.97 Å². The Bertz CT molecular complexity index is 1120. The predicted molar refractivity (Wildman–Crippen MR) is 137 cm³/mol. The zero-order chi connectivity index (χ0) is 25.4. The van der Waals surface area contributed by atoms with E-state index in [-0.39, 0.29) is 30.0 Å². The first-order valence-corrected chi connectivity index (χ1v) is 12.3. The minimum Gasteiger partial charge on any atom is -0.497 e. The first-order chi connectivity index (χ1) is 16.8. The Kier molecular flexibility index (Phi) is 9.19. The third-order valence-electron chi connectivity index (χ3n) is 5.28. The standard InChI is InChI=1S/C26H31N5O3S/c1-17(2)24(25(33)30-21-8-10-22(34-5)11-9-21)31(15-20-7-6-12-27-14-20)23(32)16-35-26-28-18(3)13-19(4)29-26/h6-14,17,24H,15-16H2,1-5H3,(H,30,33). The molecule has 1 aromatic carbocycles. The molecule has 2 amide bonds. The molecule has 0 spiro atoms. The number of pyridine rings is 1. The molecule has 0 fully saturated rings. The van der Waals surface area contributed by atoms with Crippen LogP contribution in [0.2, 0.25) is 0 Å². The number of amides is 2. The van der Waals surface area contributed by atoms with Gasteiger partial charge >= 0.3 is 0 Å². The van der Waals surface area contributed by atoms with E-state index >= 15 is 0 Å². The molecule has 1 N–H and O–H groups in total. The zero-order valence-electron chi connectivity index (χ0n) is 20.7. The number of methoxy groups -OCH3 is 1. The predicted octanol–water partition coefficient (Wildman–Crippen LogP) is 4.28. The van der Waals surface area contributed by atoms with Crippen molar-refractivity contribution in [3.05, 3.63) is 71.8 Å². The smallest absolute Gasteiger partial charge is 0.247 e. The number of carbonyl (C=O) groups is 2. The number of nitrogens with one attached hydrogen (secondary N) is 1. The molecule has 35 heavy (non-hydrogen) atoms. The maximum Gasteiger partial charge on any atom is 0.247 e. The fraction of sp³-hybridized carbons (Fsp3) is 0.346. The molecular weight excluding hydrogens is 462 g/mol. The Morgan fingerprint density at radius 1 is 1.09 bits per heavy atom. The van der Waals surface area contributed by atoms with Crippen LogP contribution in [0.25, 0.3) is 0 Å². The molecule has 0 radical (unpaired) electrons. The average Bonchev–Trinajstić information content (AvgIpc) is 2.82. The normalized spacial score (nSPS) is 11.7. The van der Waals surface area contributed by atoms with Gasteiger partial charge in [-0.1, -0.05) is 31.7 Å². The molecule has 8 nitrogen and oxygen atoms in total. The van der Waals surface area contributed by atoms with Crippen LogP contribution in [0.15, 0.2) is 60.0 Å². The summed E-state index contributed by atoms with van der Waals surface area (Å²) in [7, 11) is 1.59. The summed E-state index contributed by atoms with van der Waals surface area (Å²) in [6.07, 6.45) is 3.39. The molecule has 9 heteroatoms. The lowest BCUT2D eigenvalue weighted by molar-refractivity contribution is -0.138. The Labute approximate surface area is 210 Å². The molecule has 0 bridgehead atoms. The van der Waals surface area contributed by atoms with Gasteiger partial charge in [-0.2, -0.15) is 0 Å². The number of nitrogens with zero attached hydrogens (tertiary/aromatic N) is 4. The van der Waals surface area contributed by atoms with E-state index in [4.69, 9.17) is 4.74 Å². The number of rotatable bonds is 10. The van der Waals surface area contributed by atoms with Gasteiger partial charge in [0.2, 0.25) is 11.8 Å². The monoisotopic (exact) mass is 493 g/mol. The quantitative estimate of drug-likeness (QED) is 0.332. The number of benzene rings is 1. The van der Waals surface area contributed by atoms with Crippen LogP contribution in [0.4, 0.5) is 5.69 Å². The fourth-order valence-corrected chi connectivity index (χ4v) is 4.53. The lowest BCUT2D eigenvalue weighted by atomic mass is 10.0. The molecule has 2 heterocycles. The third kappa shape index (κ3) is 7.51. The van der Waals surface area contributed by atoms with Crippen molar-refractivity contribution in [2.45, 2.75) is 45.4 Å². The van der Waals surface area contributed by atoms with E-state index in [1.165, 1.54) is 11.8 Å². The highest BCUT2D eigenvalue weighted by molar-refractivity contribution is 7.99. The van der Waals surface area contributed by atoms with Crippen molar-refractivity contribution >= 4 is 29.3 Å². The number of aryl methyl sites for hydroxylation is 2. The van der Waals surface area contributed by atoms with Crippen molar-refractivity contribution in [3.63, 3.8) is 0 Å². The number of ether oxygens (including phenoxy) is 1. The lowest BCUT2D eigenvalue weighted by Gasteiger charge is -2.33. The molecule has 184 valence electrons. The van der Waals surface area contributed by atoms with Gasteiger partial charge in [0.25, 0.3) is 0 Å². The van der Waals surface area contributed by atoms with Crippen molar-refractivity contribution in [1.29, 1.82) is 0 Å². The molecule has 0 aliphatic carbocycles. The fourth-order valence-electron chi connectivity index (χ4n) is 3.69. The van der Waals surface area contributed by atoms with Crippen molar-refractivity contribution in [3.8, 4) is 5.75 Å². The molecule has 1 unspecified atom stereocenters. The summed E-state index contributed by atoms with van der Waals surface area (Å²) in [6, 6.07) is 12.0. The summed E-state index contributed by atoms with van der Waals surface area (Å²) >= 11 is 1.27. The van der Waals surface area contributed by atoms with E-state index in [0.29, 0.717) is 16.6 Å². The van der Waals surface area contributed by atoms with Gasteiger partial charge in [-0.3, -0.25) is 14.6 Å². The Morgan fingerprint density at radius 2 is 1.77 bits per heavy atom. The van der Waals surface area contributed by atoms with E-state index in [2.05, 4.69) is 20.3 Å². The Hall–Kier alpha value is -3.46. The minimum atomic E-state index is -0.689. The number of anilines is 1. The summed E-state index contributed by atoms with van der Waals surface area (Å²) in [5.41, 5.74) is 3.17. The molecule has 2 aromatic heterocycles. The highest BCUT2D eigenvalue weighted by Crippen LogP contribution is 2.22. The van der Waals surface area contributed by atoms with Gasteiger partial charge in [-0.15, -0.1) is 0 Å². The van der Waals surface area contributed by atoms with Crippen molar-refractivity contribution in [2.24, 2.45) is 5.92 Å². The summed E-state index contributed by atoms with van der Waals surface area (Å²) in [6.45, 7) is 7.92. The molecule has 0 aliphatic rings. The number of hydrogen-bond donors (Lipinski definition) is 1. The van der Waals surface area contributed by atoms with E-state index in [0.717, 1.165) is 17.0 Å². The molecule has 0 saturated carbocycles. The van der Waals surface area contributed by atoms with Crippen LogP contribution in [0.5, 0.6) is 5.75 Å². The number of aromatic nitrogens is 3. The van der Waals surface area contributed by atoms with E-state index in [9.17, 15) is 9.59 Å². The van der Waals surface area contributed by atoms with Crippen LogP contribution in [-0.2, 0) is 16.1 Å². The van der Waals surface area contributed by atoms with Crippen LogP contribution in [0.3, 0.4) is 0 Å². The second kappa shape index (κ2) is 12.3. The van der Waals surface area contributed by atoms with Gasteiger partial charge in [0.1, 0.15) is 11.8 Å². The maximum atomic E-state index is 13.5. The summed E-state index contributed by atoms with van der Waals surface area (Å²) < 4.78 is 5.19. The van der Waals surface area contributed by atoms with Crippen molar-refractivity contribution < 1.29 is 14.3 Å². The molecule has 0 aliphatic heterocycles. The summed E-state index contributed by atoms with van der Waals surface area (Å²) in [5, 5.41) is 3.49. The van der Waals surface area contributed by atoms with Gasteiger partial charge in [0.05, 0.1) is 12.9 Å². The van der Waals surface area contributed by atoms with Crippen LogP contribution < -0.4 is 10.1 Å². The van der Waals surface area contributed by atoms with Gasteiger partial charge in [-0.05, 0) is 61.7 Å². The number of hydrogen-bond acceptors (Lipinski definition) is 7. The van der Waals surface area contributed by atoms with Gasteiger partial charge in [0.15, 0.2) is 5.16 Å². The minimum absolute atomic E-state index is 0.113. The van der Waals surface area contributed by atoms with E-state index in [1.807, 2.05) is 45.9 Å². The molecular formula is C26H31N5O3S. The highest BCUT2D eigenvalue weighted by atomic mass is 32.2. The van der Waals surface area contributed by atoms with Crippen LogP contribution in [-0.4, -0.2) is 50.6 Å². The second-order valence-electron chi connectivity index (χ2n) is 8.51. The average molecular weight is 494 g/mol. The van der Waals surface area contributed by atoms with E-state index in [1.54, 1.807) is 48.7 Å². The van der Waals surface area contributed by atoms with Crippen LogP contribution in [0, 0.1) is 19.8 Å². The maximum absolute atomic E-state index is 13.5. The summed E-state index contributed by atoms with van der Waals surface area (Å²) in [5.74, 6) is 0.251. The van der Waals surface area contributed by atoms with Crippen molar-refractivity contribution in [2.75, 3.05) is 18.2 Å². The third-order valence-corrected chi connectivity index (χ3v) is 6.11. The van der Waals surface area contributed by atoms with Crippen LogP contribution in [0.1, 0.15) is 30.8 Å². The molecule has 3 rings (SSSR count). The van der Waals surface area contributed by atoms with Crippen molar-refractivity contribution in [1.82, 2.24) is 19.9 Å². The molecule has 0 saturated heterocycles. The second-order valence-corrected chi connectivity index (χ2v) is 9.45.